The zero-order chi connectivity index (χ0) is 17.9. The maximum atomic E-state index is 12.5. The van der Waals surface area contributed by atoms with Crippen molar-refractivity contribution in [1.29, 1.82) is 0 Å². The Morgan fingerprint density at radius 1 is 1.12 bits per heavy atom. The number of anilines is 3. The van der Waals surface area contributed by atoms with Crippen molar-refractivity contribution in [3.05, 3.63) is 72.7 Å². The van der Waals surface area contributed by atoms with E-state index in [0.29, 0.717) is 11.4 Å². The minimum Gasteiger partial charge on any atom is -0.397 e. The number of nitrogens with zero attached hydrogens (tertiary/aromatic N) is 2. The summed E-state index contributed by atoms with van der Waals surface area (Å²) in [6, 6.07) is 13.4. The lowest BCUT2D eigenvalue weighted by Crippen LogP contribution is -2.16. The van der Waals surface area contributed by atoms with Crippen molar-refractivity contribution in [3.63, 3.8) is 0 Å². The van der Waals surface area contributed by atoms with Gasteiger partial charge in [-0.15, -0.1) is 0 Å². The van der Waals surface area contributed by atoms with Crippen LogP contribution in [0.4, 0.5) is 17.1 Å². The van der Waals surface area contributed by atoms with E-state index in [0.717, 1.165) is 11.4 Å². The summed E-state index contributed by atoms with van der Waals surface area (Å²) >= 11 is 0. The lowest BCUT2D eigenvalue weighted by molar-refractivity contribution is 0.601. The number of hydrogen-bond donors (Lipinski definition) is 2. The molecule has 1 aliphatic rings. The molecule has 0 aliphatic carbocycles. The molecule has 0 aromatic heterocycles. The molecule has 1 aliphatic heterocycles. The van der Waals surface area contributed by atoms with Gasteiger partial charge in [-0.25, -0.2) is 8.42 Å². The molecule has 0 radical (unpaired) electrons. The van der Waals surface area contributed by atoms with Gasteiger partial charge in [-0.3, -0.25) is 9.71 Å². The molecule has 0 bridgehead atoms. The van der Waals surface area contributed by atoms with Crippen molar-refractivity contribution in [1.82, 2.24) is 0 Å². The van der Waals surface area contributed by atoms with E-state index in [2.05, 4.69) is 9.71 Å². The molecule has 2 aromatic rings. The highest BCUT2D eigenvalue weighted by Gasteiger charge is 2.16. The van der Waals surface area contributed by atoms with E-state index in [1.807, 2.05) is 24.1 Å². The van der Waals surface area contributed by atoms with E-state index >= 15 is 0 Å². The Bertz CT molecular complexity index is 964. The molecule has 0 fully saturated rings. The van der Waals surface area contributed by atoms with Crippen LogP contribution in [-0.4, -0.2) is 14.6 Å². The standard InChI is InChI=1S/C18H18N4O2S/c1-14-13-20-10-5-11-22(14)15-8-9-17(19)18(12-15)21-25(23,24)16-6-3-2-4-7-16/h2-13,21H,19H2,1H3. The molecule has 0 amide bonds. The maximum Gasteiger partial charge on any atom is 0.261 e. The Balaban J connectivity index is 1.95. The van der Waals surface area contributed by atoms with Crippen molar-refractivity contribution in [2.45, 2.75) is 11.8 Å². The van der Waals surface area contributed by atoms with Gasteiger partial charge in [0, 0.05) is 30.0 Å². The first-order valence-corrected chi connectivity index (χ1v) is 9.09. The molecule has 6 nitrogen and oxygen atoms in total. The molecule has 3 rings (SSSR count). The fourth-order valence-corrected chi connectivity index (χ4v) is 3.48. The third-order valence-corrected chi connectivity index (χ3v) is 5.04. The minimum atomic E-state index is -3.71. The van der Waals surface area contributed by atoms with Crippen LogP contribution in [0.25, 0.3) is 0 Å². The van der Waals surface area contributed by atoms with Crippen molar-refractivity contribution in [2.24, 2.45) is 4.99 Å². The van der Waals surface area contributed by atoms with Crippen molar-refractivity contribution in [2.75, 3.05) is 15.4 Å². The summed E-state index contributed by atoms with van der Waals surface area (Å²) in [6.45, 7) is 1.91. The highest BCUT2D eigenvalue weighted by atomic mass is 32.2. The normalized spacial score (nSPS) is 14.1. The smallest absolute Gasteiger partial charge is 0.261 e. The number of nitrogen functional groups attached to an aromatic ring is 1. The largest absolute Gasteiger partial charge is 0.397 e. The first-order valence-electron chi connectivity index (χ1n) is 7.61. The average Bonchev–Trinajstić information content (AvgIpc) is 2.82. The second kappa shape index (κ2) is 6.82. The Morgan fingerprint density at radius 2 is 1.88 bits per heavy atom. The third-order valence-electron chi connectivity index (χ3n) is 3.66. The van der Waals surface area contributed by atoms with Gasteiger partial charge in [0.2, 0.25) is 0 Å². The van der Waals surface area contributed by atoms with Gasteiger partial charge in [0.1, 0.15) is 0 Å². The number of nitrogens with one attached hydrogen (secondary N) is 1. The number of aliphatic imine (C=N–C) groups is 1. The van der Waals surface area contributed by atoms with E-state index in [9.17, 15) is 8.42 Å². The van der Waals surface area contributed by atoms with Crippen LogP contribution in [0.3, 0.4) is 0 Å². The molecular weight excluding hydrogens is 336 g/mol. The van der Waals surface area contributed by atoms with E-state index in [1.165, 1.54) is 12.1 Å². The third kappa shape index (κ3) is 3.72. The number of benzene rings is 2. The highest BCUT2D eigenvalue weighted by Crippen LogP contribution is 2.30. The fraction of sp³-hybridized carbons (Fsp3) is 0.0556. The molecule has 1 heterocycles. The first-order chi connectivity index (χ1) is 12.0. The minimum absolute atomic E-state index is 0.180. The number of allylic oxidation sites excluding steroid dienone is 2. The summed E-state index contributed by atoms with van der Waals surface area (Å²) in [4.78, 5) is 6.19. The average molecular weight is 354 g/mol. The van der Waals surface area contributed by atoms with Gasteiger partial charge in [0.15, 0.2) is 0 Å². The topological polar surface area (TPSA) is 87.8 Å². The summed E-state index contributed by atoms with van der Waals surface area (Å²) in [6.07, 6.45) is 7.06. The second-order valence-electron chi connectivity index (χ2n) is 5.47. The summed E-state index contributed by atoms with van der Waals surface area (Å²) in [5, 5.41) is 0. The summed E-state index contributed by atoms with van der Waals surface area (Å²) in [5.74, 6) is 0. The predicted octanol–water partition coefficient (Wildman–Crippen LogP) is 3.34. The van der Waals surface area contributed by atoms with Crippen molar-refractivity contribution in [3.8, 4) is 0 Å². The second-order valence-corrected chi connectivity index (χ2v) is 7.15. The van der Waals surface area contributed by atoms with Crippen LogP contribution in [0.5, 0.6) is 0 Å². The van der Waals surface area contributed by atoms with E-state index in [1.54, 1.807) is 48.8 Å². The fourth-order valence-electron chi connectivity index (χ4n) is 2.38. The van der Waals surface area contributed by atoms with Crippen molar-refractivity contribution >= 4 is 33.3 Å². The Morgan fingerprint density at radius 3 is 2.64 bits per heavy atom. The van der Waals surface area contributed by atoms with Crippen LogP contribution in [-0.2, 0) is 10.0 Å². The zero-order valence-corrected chi connectivity index (χ0v) is 14.4. The summed E-state index contributed by atoms with van der Waals surface area (Å²) < 4.78 is 27.6. The lowest BCUT2D eigenvalue weighted by atomic mass is 10.2. The van der Waals surface area contributed by atoms with E-state index in [-0.39, 0.29) is 4.90 Å². The van der Waals surface area contributed by atoms with Gasteiger partial charge in [0.25, 0.3) is 10.0 Å². The number of sulfonamides is 1. The summed E-state index contributed by atoms with van der Waals surface area (Å²) in [5.41, 5.74) is 8.31. The molecule has 7 heteroatoms. The van der Waals surface area contributed by atoms with Gasteiger partial charge >= 0.3 is 0 Å². The van der Waals surface area contributed by atoms with Gasteiger partial charge in [-0.2, -0.15) is 0 Å². The molecule has 25 heavy (non-hydrogen) atoms. The lowest BCUT2D eigenvalue weighted by Gasteiger charge is -2.21. The zero-order valence-electron chi connectivity index (χ0n) is 13.6. The maximum absolute atomic E-state index is 12.5. The summed E-state index contributed by atoms with van der Waals surface area (Å²) in [7, 11) is -3.71. The van der Waals surface area contributed by atoms with Gasteiger partial charge in [0.05, 0.1) is 16.3 Å². The van der Waals surface area contributed by atoms with Crippen LogP contribution in [0, 0.1) is 0 Å². The first kappa shape index (κ1) is 16.8. The molecule has 0 spiro atoms. The Kier molecular flexibility index (Phi) is 4.58. The molecule has 3 N–H and O–H groups in total. The van der Waals surface area contributed by atoms with Crippen molar-refractivity contribution < 1.29 is 8.42 Å². The monoisotopic (exact) mass is 354 g/mol. The van der Waals surface area contributed by atoms with Crippen LogP contribution in [0.15, 0.2) is 82.6 Å². The Labute approximate surface area is 147 Å². The molecular formula is C18H18N4O2S. The quantitative estimate of drug-likeness (QED) is 0.824. The van der Waals surface area contributed by atoms with Crippen LogP contribution in [0.1, 0.15) is 6.92 Å². The van der Waals surface area contributed by atoms with E-state index in [4.69, 9.17) is 5.73 Å². The molecule has 0 atom stereocenters. The van der Waals surface area contributed by atoms with Crippen LogP contribution in [0.2, 0.25) is 0 Å². The molecule has 2 aromatic carbocycles. The number of rotatable bonds is 4. The van der Waals surface area contributed by atoms with Crippen LogP contribution < -0.4 is 15.4 Å². The number of hydrogen-bond acceptors (Lipinski definition) is 5. The predicted molar refractivity (Wildman–Crippen MR) is 102 cm³/mol. The highest BCUT2D eigenvalue weighted by molar-refractivity contribution is 7.92. The molecule has 0 unspecified atom stereocenters. The number of nitrogens with two attached hydrogens (primary N) is 1. The van der Waals surface area contributed by atoms with E-state index < -0.39 is 10.0 Å². The molecule has 0 saturated carbocycles. The molecule has 0 saturated heterocycles. The van der Waals surface area contributed by atoms with Gasteiger partial charge in [-0.1, -0.05) is 18.2 Å². The SMILES string of the molecule is CC1=CN=CC=CN1c1ccc(N)c(NS(=O)(=O)c2ccccc2)c1. The molecule has 128 valence electrons. The van der Waals surface area contributed by atoms with Gasteiger partial charge < -0.3 is 10.6 Å². The van der Waals surface area contributed by atoms with Crippen LogP contribution >= 0.6 is 0 Å². The van der Waals surface area contributed by atoms with Gasteiger partial charge in [-0.05, 0) is 43.3 Å². The Hall–Kier alpha value is -3.06.